The van der Waals surface area contributed by atoms with E-state index in [0.717, 1.165) is 6.07 Å². The molecule has 0 atom stereocenters. The number of aromatic nitrogens is 1. The molecule has 1 aliphatic rings. The number of aliphatic carboxylic acids is 1. The first-order valence-electron chi connectivity index (χ1n) is 9.93. The maximum absolute atomic E-state index is 14.4. The first kappa shape index (κ1) is 21.9. The van der Waals surface area contributed by atoms with Crippen molar-refractivity contribution in [1.82, 2.24) is 10.3 Å². The van der Waals surface area contributed by atoms with Gasteiger partial charge in [-0.15, -0.1) is 0 Å². The molecule has 170 valence electrons. The van der Waals surface area contributed by atoms with Crippen molar-refractivity contribution < 1.29 is 38.0 Å². The van der Waals surface area contributed by atoms with Gasteiger partial charge in [-0.3, -0.25) is 9.59 Å². The summed E-state index contributed by atoms with van der Waals surface area (Å²) in [5, 5.41) is 11.3. The van der Waals surface area contributed by atoms with Crippen LogP contribution in [0.4, 0.5) is 4.39 Å². The molecule has 3 aromatic rings. The smallest absolute Gasteiger partial charge is 0.306 e. The van der Waals surface area contributed by atoms with Crippen LogP contribution in [0, 0.1) is 5.82 Å². The molecule has 2 N–H and O–H groups in total. The van der Waals surface area contributed by atoms with Crippen molar-refractivity contribution in [2.45, 2.75) is 13.0 Å². The second-order valence-electron chi connectivity index (χ2n) is 6.90. The zero-order chi connectivity index (χ0) is 23.2. The van der Waals surface area contributed by atoms with Gasteiger partial charge in [-0.25, -0.2) is 9.37 Å². The van der Waals surface area contributed by atoms with Crippen molar-refractivity contribution in [3.63, 3.8) is 0 Å². The van der Waals surface area contributed by atoms with Crippen LogP contribution in [0.5, 0.6) is 28.9 Å². The standard InChI is InChI=1S/C23H19FN2O7/c24-18-10-15(30-9-7-21(27)28)4-3-14(18)12-26-22(29)17-2-1-8-25-23(17)33-16-5-6-19-20(11-16)32-13-31-19/h1-6,8,10-11H,7,9,12-13H2,(H,26,29)(H,27,28). The number of carboxylic acid groups (broad SMARTS) is 1. The molecule has 2 aromatic carbocycles. The number of fused-ring (bicyclic) bond motifs is 1. The molecular formula is C23H19FN2O7. The van der Waals surface area contributed by atoms with Gasteiger partial charge in [0.1, 0.15) is 22.9 Å². The lowest BCUT2D eigenvalue weighted by molar-refractivity contribution is -0.137. The molecule has 0 saturated heterocycles. The van der Waals surface area contributed by atoms with E-state index in [9.17, 15) is 14.0 Å². The predicted molar refractivity (Wildman–Crippen MR) is 112 cm³/mol. The Morgan fingerprint density at radius 3 is 2.73 bits per heavy atom. The summed E-state index contributed by atoms with van der Waals surface area (Å²) in [5.41, 5.74) is 0.403. The number of nitrogens with one attached hydrogen (secondary N) is 1. The van der Waals surface area contributed by atoms with Gasteiger partial charge in [0.15, 0.2) is 11.5 Å². The minimum atomic E-state index is -1.01. The van der Waals surface area contributed by atoms with Crippen LogP contribution in [-0.4, -0.2) is 35.4 Å². The Morgan fingerprint density at radius 2 is 1.91 bits per heavy atom. The number of hydrogen-bond acceptors (Lipinski definition) is 7. The number of carboxylic acids is 1. The van der Waals surface area contributed by atoms with Crippen LogP contribution >= 0.6 is 0 Å². The Bertz CT molecular complexity index is 1190. The molecule has 4 rings (SSSR count). The van der Waals surface area contributed by atoms with Crippen molar-refractivity contribution in [3.05, 3.63) is 71.7 Å². The Balaban J connectivity index is 1.39. The number of hydrogen-bond donors (Lipinski definition) is 2. The van der Waals surface area contributed by atoms with Crippen LogP contribution < -0.4 is 24.3 Å². The van der Waals surface area contributed by atoms with Crippen molar-refractivity contribution >= 4 is 11.9 Å². The molecule has 0 unspecified atom stereocenters. The van der Waals surface area contributed by atoms with Gasteiger partial charge < -0.3 is 29.4 Å². The zero-order valence-corrected chi connectivity index (χ0v) is 17.2. The number of ether oxygens (including phenoxy) is 4. The number of benzene rings is 2. The van der Waals surface area contributed by atoms with E-state index in [1.54, 1.807) is 30.3 Å². The first-order chi connectivity index (χ1) is 16.0. The number of pyridine rings is 1. The highest BCUT2D eigenvalue weighted by molar-refractivity contribution is 5.96. The molecule has 1 amide bonds. The van der Waals surface area contributed by atoms with E-state index >= 15 is 0 Å². The molecule has 0 aliphatic carbocycles. The Hall–Kier alpha value is -4.34. The molecule has 1 aliphatic heterocycles. The van der Waals surface area contributed by atoms with Gasteiger partial charge in [-0.1, -0.05) is 6.07 Å². The normalized spacial score (nSPS) is 11.7. The monoisotopic (exact) mass is 454 g/mol. The van der Waals surface area contributed by atoms with Crippen LogP contribution in [0.1, 0.15) is 22.3 Å². The van der Waals surface area contributed by atoms with Crippen LogP contribution in [-0.2, 0) is 11.3 Å². The maximum Gasteiger partial charge on any atom is 0.306 e. The number of rotatable bonds is 9. The van der Waals surface area contributed by atoms with Gasteiger partial charge in [0.25, 0.3) is 5.91 Å². The molecule has 9 nitrogen and oxygen atoms in total. The summed E-state index contributed by atoms with van der Waals surface area (Å²) in [6, 6.07) is 12.2. The number of amides is 1. The third-order valence-corrected chi connectivity index (χ3v) is 4.62. The van der Waals surface area contributed by atoms with Crippen LogP contribution in [0.25, 0.3) is 0 Å². The van der Waals surface area contributed by atoms with E-state index in [0.29, 0.717) is 17.2 Å². The third kappa shape index (κ3) is 5.48. The first-order valence-corrected chi connectivity index (χ1v) is 9.93. The summed E-state index contributed by atoms with van der Waals surface area (Å²) < 4.78 is 35.9. The average molecular weight is 454 g/mol. The predicted octanol–water partition coefficient (Wildman–Crippen LogP) is 3.53. The number of carbonyl (C=O) groups excluding carboxylic acids is 1. The highest BCUT2D eigenvalue weighted by Gasteiger charge is 2.18. The molecule has 0 fully saturated rings. The lowest BCUT2D eigenvalue weighted by Crippen LogP contribution is -2.24. The van der Waals surface area contributed by atoms with E-state index < -0.39 is 17.7 Å². The van der Waals surface area contributed by atoms with Crippen molar-refractivity contribution in [2.24, 2.45) is 0 Å². The third-order valence-electron chi connectivity index (χ3n) is 4.62. The van der Waals surface area contributed by atoms with E-state index in [1.165, 1.54) is 18.3 Å². The fourth-order valence-electron chi connectivity index (χ4n) is 2.99. The highest BCUT2D eigenvalue weighted by atomic mass is 19.1. The van der Waals surface area contributed by atoms with Crippen LogP contribution in [0.2, 0.25) is 0 Å². The summed E-state index contributed by atoms with van der Waals surface area (Å²) >= 11 is 0. The van der Waals surface area contributed by atoms with Gasteiger partial charge in [0, 0.05) is 30.4 Å². The minimum absolute atomic E-state index is 0.0714. The average Bonchev–Trinajstić information content (AvgIpc) is 3.26. The Labute approximate surface area is 187 Å². The highest BCUT2D eigenvalue weighted by Crippen LogP contribution is 2.36. The number of nitrogens with zero attached hydrogens (tertiary/aromatic N) is 1. The van der Waals surface area contributed by atoms with E-state index in [4.69, 9.17) is 24.1 Å². The second kappa shape index (κ2) is 9.86. The Kier molecular flexibility index (Phi) is 6.53. The molecule has 2 heterocycles. The topological polar surface area (TPSA) is 116 Å². The minimum Gasteiger partial charge on any atom is -0.493 e. The van der Waals surface area contributed by atoms with Gasteiger partial charge in [0.2, 0.25) is 12.7 Å². The van der Waals surface area contributed by atoms with Gasteiger partial charge in [-0.05, 0) is 30.3 Å². The Morgan fingerprint density at radius 1 is 1.09 bits per heavy atom. The maximum atomic E-state index is 14.4. The van der Waals surface area contributed by atoms with Gasteiger partial charge in [-0.2, -0.15) is 0 Å². The molecule has 0 spiro atoms. The number of carbonyl (C=O) groups is 2. The molecule has 0 saturated carbocycles. The number of halogens is 1. The van der Waals surface area contributed by atoms with Crippen molar-refractivity contribution in [1.29, 1.82) is 0 Å². The molecule has 0 radical (unpaired) electrons. The molecule has 0 bridgehead atoms. The van der Waals surface area contributed by atoms with Gasteiger partial charge >= 0.3 is 5.97 Å². The van der Waals surface area contributed by atoms with Crippen molar-refractivity contribution in [3.8, 4) is 28.9 Å². The summed E-state index contributed by atoms with van der Waals surface area (Å²) in [4.78, 5) is 27.4. The summed E-state index contributed by atoms with van der Waals surface area (Å²) in [5.74, 6) is -0.274. The molecule has 10 heteroatoms. The van der Waals surface area contributed by atoms with E-state index in [2.05, 4.69) is 10.3 Å². The summed E-state index contributed by atoms with van der Waals surface area (Å²) in [6.45, 7) is -0.0293. The summed E-state index contributed by atoms with van der Waals surface area (Å²) in [7, 11) is 0. The molecular weight excluding hydrogens is 435 g/mol. The molecule has 1 aromatic heterocycles. The zero-order valence-electron chi connectivity index (χ0n) is 17.2. The van der Waals surface area contributed by atoms with Gasteiger partial charge in [0.05, 0.1) is 13.0 Å². The summed E-state index contributed by atoms with van der Waals surface area (Å²) in [6.07, 6.45) is 1.29. The molecule has 33 heavy (non-hydrogen) atoms. The van der Waals surface area contributed by atoms with Crippen LogP contribution in [0.3, 0.4) is 0 Å². The fraction of sp³-hybridized carbons (Fsp3) is 0.174. The fourth-order valence-corrected chi connectivity index (χ4v) is 2.99. The lowest BCUT2D eigenvalue weighted by atomic mass is 10.2. The van der Waals surface area contributed by atoms with E-state index in [-0.39, 0.29) is 49.1 Å². The SMILES string of the molecule is O=C(O)CCOc1ccc(CNC(=O)c2cccnc2Oc2ccc3c(c2)OCO3)c(F)c1. The quantitative estimate of drug-likeness (QED) is 0.505. The second-order valence-corrected chi connectivity index (χ2v) is 6.90. The lowest BCUT2D eigenvalue weighted by Gasteiger charge is -2.12. The van der Waals surface area contributed by atoms with E-state index in [1.807, 2.05) is 0 Å². The largest absolute Gasteiger partial charge is 0.493 e. The van der Waals surface area contributed by atoms with Crippen molar-refractivity contribution in [2.75, 3.05) is 13.4 Å². The van der Waals surface area contributed by atoms with Crippen LogP contribution in [0.15, 0.2) is 54.7 Å².